The summed E-state index contributed by atoms with van der Waals surface area (Å²) < 4.78 is 4.91. The number of fused-ring (bicyclic) bond motifs is 1. The molecular formula is C10H16O5. The second-order valence-corrected chi connectivity index (χ2v) is 4.69. The van der Waals surface area contributed by atoms with E-state index in [0.717, 1.165) is 0 Å². The maximum atomic E-state index is 11.5. The van der Waals surface area contributed by atoms with Gasteiger partial charge in [0.1, 0.15) is 5.60 Å². The molecule has 5 heteroatoms. The summed E-state index contributed by atoms with van der Waals surface area (Å²) in [7, 11) is 0. The molecule has 5 nitrogen and oxygen atoms in total. The topological polar surface area (TPSA) is 87.0 Å². The van der Waals surface area contributed by atoms with Gasteiger partial charge in [0.2, 0.25) is 0 Å². The summed E-state index contributed by atoms with van der Waals surface area (Å²) in [5.74, 6) is -1.53. The van der Waals surface area contributed by atoms with E-state index in [4.69, 9.17) is 9.84 Å². The fourth-order valence-corrected chi connectivity index (χ4v) is 2.74. The molecule has 1 saturated heterocycles. The molecule has 0 bridgehead atoms. The molecule has 2 aliphatic rings. The van der Waals surface area contributed by atoms with Crippen molar-refractivity contribution in [3.05, 3.63) is 0 Å². The van der Waals surface area contributed by atoms with E-state index in [1.807, 2.05) is 0 Å². The number of carbonyl (C=O) groups is 1. The van der Waals surface area contributed by atoms with Crippen molar-refractivity contribution in [3.8, 4) is 0 Å². The van der Waals surface area contributed by atoms with Crippen LogP contribution in [0.25, 0.3) is 0 Å². The molecular weight excluding hydrogens is 200 g/mol. The van der Waals surface area contributed by atoms with Gasteiger partial charge in [-0.25, -0.2) is 0 Å². The summed E-state index contributed by atoms with van der Waals surface area (Å²) in [6, 6.07) is 0. The van der Waals surface area contributed by atoms with Gasteiger partial charge in [-0.3, -0.25) is 4.79 Å². The van der Waals surface area contributed by atoms with Gasteiger partial charge in [-0.1, -0.05) is 0 Å². The Hall–Kier alpha value is -0.650. The molecule has 86 valence electrons. The maximum absolute atomic E-state index is 11.5. The Balaban J connectivity index is 2.29. The average molecular weight is 216 g/mol. The standard InChI is InChI=1S/C10H16O5/c1-10(14)7(12)2-6-5(3-11)4-15-9(13)8(6)10/h5-8,11-12,14H,2-4H2,1H3/t5-,6-,7+,8-,10-/m0/s1. The molecule has 5 atom stereocenters. The van der Waals surface area contributed by atoms with Crippen LogP contribution in [-0.2, 0) is 9.53 Å². The second kappa shape index (κ2) is 3.43. The minimum Gasteiger partial charge on any atom is -0.465 e. The van der Waals surface area contributed by atoms with Crippen LogP contribution in [0.1, 0.15) is 13.3 Å². The first-order valence-electron chi connectivity index (χ1n) is 5.16. The van der Waals surface area contributed by atoms with Gasteiger partial charge in [0.05, 0.1) is 18.6 Å². The number of carbonyl (C=O) groups excluding carboxylic acids is 1. The lowest BCUT2D eigenvalue weighted by Crippen LogP contribution is -2.49. The minimum atomic E-state index is -1.43. The molecule has 0 spiro atoms. The van der Waals surface area contributed by atoms with Crippen molar-refractivity contribution in [2.75, 3.05) is 13.2 Å². The van der Waals surface area contributed by atoms with E-state index >= 15 is 0 Å². The quantitative estimate of drug-likeness (QED) is 0.484. The third kappa shape index (κ3) is 1.46. The minimum absolute atomic E-state index is 0.0861. The van der Waals surface area contributed by atoms with E-state index in [0.29, 0.717) is 6.42 Å². The lowest BCUT2D eigenvalue weighted by atomic mass is 9.78. The predicted octanol–water partition coefficient (Wildman–Crippen LogP) is -1.10. The van der Waals surface area contributed by atoms with E-state index in [1.54, 1.807) is 0 Å². The van der Waals surface area contributed by atoms with E-state index in [9.17, 15) is 15.0 Å². The van der Waals surface area contributed by atoms with Crippen LogP contribution in [0, 0.1) is 17.8 Å². The van der Waals surface area contributed by atoms with E-state index in [2.05, 4.69) is 0 Å². The molecule has 0 unspecified atom stereocenters. The smallest absolute Gasteiger partial charge is 0.312 e. The molecule has 1 aliphatic heterocycles. The van der Waals surface area contributed by atoms with Crippen molar-refractivity contribution in [1.82, 2.24) is 0 Å². The Morgan fingerprint density at radius 3 is 2.87 bits per heavy atom. The Bertz CT molecular complexity index is 275. The molecule has 0 aromatic heterocycles. The second-order valence-electron chi connectivity index (χ2n) is 4.69. The zero-order chi connectivity index (χ0) is 11.2. The highest BCUT2D eigenvalue weighted by molar-refractivity contribution is 5.75. The molecule has 2 fully saturated rings. The molecule has 0 radical (unpaired) electrons. The van der Waals surface area contributed by atoms with Crippen LogP contribution < -0.4 is 0 Å². The van der Waals surface area contributed by atoms with Gasteiger partial charge in [0, 0.05) is 12.5 Å². The van der Waals surface area contributed by atoms with Gasteiger partial charge in [-0.15, -0.1) is 0 Å². The molecule has 0 aromatic carbocycles. The van der Waals surface area contributed by atoms with Crippen molar-refractivity contribution in [1.29, 1.82) is 0 Å². The average Bonchev–Trinajstić information content (AvgIpc) is 2.40. The van der Waals surface area contributed by atoms with Crippen LogP contribution in [-0.4, -0.2) is 46.2 Å². The van der Waals surface area contributed by atoms with Crippen LogP contribution in [0.3, 0.4) is 0 Å². The summed E-state index contributed by atoms with van der Waals surface area (Å²) >= 11 is 0. The first-order chi connectivity index (χ1) is 6.98. The van der Waals surface area contributed by atoms with Crippen LogP contribution in [0.5, 0.6) is 0 Å². The molecule has 0 aromatic rings. The van der Waals surface area contributed by atoms with Gasteiger partial charge in [0.25, 0.3) is 0 Å². The van der Waals surface area contributed by atoms with Gasteiger partial charge in [0.15, 0.2) is 0 Å². The number of rotatable bonds is 1. The Kier molecular flexibility index (Phi) is 2.48. The highest BCUT2D eigenvalue weighted by Crippen LogP contribution is 2.46. The normalized spacial score (nSPS) is 50.0. The third-order valence-corrected chi connectivity index (χ3v) is 3.76. The number of aliphatic hydroxyl groups is 3. The Morgan fingerprint density at radius 2 is 2.27 bits per heavy atom. The molecule has 2 rings (SSSR count). The maximum Gasteiger partial charge on any atom is 0.312 e. The number of esters is 1. The molecule has 15 heavy (non-hydrogen) atoms. The Labute approximate surface area is 87.7 Å². The zero-order valence-corrected chi connectivity index (χ0v) is 8.59. The summed E-state index contributed by atoms with van der Waals surface area (Å²) in [4.78, 5) is 11.5. The zero-order valence-electron chi connectivity index (χ0n) is 8.59. The first-order valence-corrected chi connectivity index (χ1v) is 5.16. The van der Waals surface area contributed by atoms with E-state index < -0.39 is 23.6 Å². The summed E-state index contributed by atoms with van der Waals surface area (Å²) in [6.45, 7) is 1.54. The van der Waals surface area contributed by atoms with Crippen LogP contribution >= 0.6 is 0 Å². The number of hydrogen-bond acceptors (Lipinski definition) is 5. The van der Waals surface area contributed by atoms with Crippen molar-refractivity contribution in [3.63, 3.8) is 0 Å². The van der Waals surface area contributed by atoms with Crippen LogP contribution in [0.4, 0.5) is 0 Å². The summed E-state index contributed by atoms with van der Waals surface area (Å²) in [6.07, 6.45) is -0.579. The number of hydrogen-bond donors (Lipinski definition) is 3. The monoisotopic (exact) mass is 216 g/mol. The largest absolute Gasteiger partial charge is 0.465 e. The van der Waals surface area contributed by atoms with Gasteiger partial charge in [-0.05, 0) is 19.3 Å². The highest BCUT2D eigenvalue weighted by atomic mass is 16.5. The molecule has 1 aliphatic carbocycles. The summed E-state index contributed by atoms with van der Waals surface area (Å²) in [5, 5.41) is 28.8. The Morgan fingerprint density at radius 1 is 1.60 bits per heavy atom. The fourth-order valence-electron chi connectivity index (χ4n) is 2.74. The van der Waals surface area contributed by atoms with Gasteiger partial charge in [-0.2, -0.15) is 0 Å². The molecule has 1 heterocycles. The van der Waals surface area contributed by atoms with Gasteiger partial charge < -0.3 is 20.1 Å². The fraction of sp³-hybridized carbons (Fsp3) is 0.900. The number of cyclic esters (lactones) is 1. The van der Waals surface area contributed by atoms with Crippen molar-refractivity contribution < 1.29 is 24.9 Å². The SMILES string of the molecule is C[C@]1(O)[C@H](O)C[C@H]2[C@@H](CO)COC(=O)[C@H]21. The predicted molar refractivity (Wildman–Crippen MR) is 49.8 cm³/mol. The van der Waals surface area contributed by atoms with Crippen molar-refractivity contribution in [2.45, 2.75) is 25.0 Å². The van der Waals surface area contributed by atoms with Crippen molar-refractivity contribution in [2.24, 2.45) is 17.8 Å². The molecule has 3 N–H and O–H groups in total. The van der Waals surface area contributed by atoms with Gasteiger partial charge >= 0.3 is 5.97 Å². The lowest BCUT2D eigenvalue weighted by molar-refractivity contribution is -0.174. The highest BCUT2D eigenvalue weighted by Gasteiger charge is 2.58. The van der Waals surface area contributed by atoms with E-state index in [1.165, 1.54) is 6.92 Å². The van der Waals surface area contributed by atoms with Crippen LogP contribution in [0.2, 0.25) is 0 Å². The first kappa shape index (κ1) is 10.9. The molecule has 0 amide bonds. The number of aliphatic hydroxyl groups excluding tert-OH is 2. The van der Waals surface area contributed by atoms with E-state index in [-0.39, 0.29) is 25.0 Å². The van der Waals surface area contributed by atoms with Crippen molar-refractivity contribution >= 4 is 5.97 Å². The number of ether oxygens (including phenoxy) is 1. The third-order valence-electron chi connectivity index (χ3n) is 3.76. The lowest BCUT2D eigenvalue weighted by Gasteiger charge is -2.35. The molecule has 1 saturated carbocycles. The van der Waals surface area contributed by atoms with Crippen LogP contribution in [0.15, 0.2) is 0 Å². The summed E-state index contributed by atoms with van der Waals surface area (Å²) in [5.41, 5.74) is -1.43.